The lowest BCUT2D eigenvalue weighted by atomic mass is 9.75. The quantitative estimate of drug-likeness (QED) is 0.556. The van der Waals surface area contributed by atoms with Crippen LogP contribution >= 0.6 is 0 Å². The van der Waals surface area contributed by atoms with Crippen molar-refractivity contribution in [2.75, 3.05) is 19.8 Å². The highest BCUT2D eigenvalue weighted by atomic mass is 32.2. The summed E-state index contributed by atoms with van der Waals surface area (Å²) in [5.74, 6) is -1.83. The second-order valence-electron chi connectivity index (χ2n) is 7.46. The van der Waals surface area contributed by atoms with Crippen LogP contribution in [0.1, 0.15) is 51.4 Å². The molecular formula is C19H27F2NO4S. The summed E-state index contributed by atoms with van der Waals surface area (Å²) in [6.45, 7) is 1.41. The van der Waals surface area contributed by atoms with E-state index >= 15 is 0 Å². The summed E-state index contributed by atoms with van der Waals surface area (Å²) in [6, 6.07) is 2.28. The summed E-state index contributed by atoms with van der Waals surface area (Å²) in [5, 5.41) is 0. The number of benzene rings is 1. The molecule has 152 valence electrons. The summed E-state index contributed by atoms with van der Waals surface area (Å²) in [6.07, 6.45) is 7.86. The van der Waals surface area contributed by atoms with Crippen LogP contribution in [0.3, 0.4) is 0 Å². The molecule has 5 nitrogen and oxygen atoms in total. The lowest BCUT2D eigenvalue weighted by molar-refractivity contribution is -0.143. The van der Waals surface area contributed by atoms with Crippen molar-refractivity contribution in [1.29, 1.82) is 0 Å². The van der Waals surface area contributed by atoms with E-state index in [-0.39, 0.29) is 18.2 Å². The Morgan fingerprint density at radius 2 is 1.59 bits per heavy atom. The van der Waals surface area contributed by atoms with Gasteiger partial charge in [0.2, 0.25) is 10.0 Å². The molecule has 0 amide bonds. The molecule has 2 aliphatic rings. The molecule has 1 aromatic rings. The Morgan fingerprint density at radius 1 is 1.00 bits per heavy atom. The zero-order chi connectivity index (χ0) is 19.3. The van der Waals surface area contributed by atoms with Gasteiger partial charge in [-0.25, -0.2) is 21.9 Å². The number of nitrogens with one attached hydrogen (secondary N) is 1. The van der Waals surface area contributed by atoms with Gasteiger partial charge in [-0.05, 0) is 37.8 Å². The van der Waals surface area contributed by atoms with Crippen molar-refractivity contribution in [3.8, 4) is 0 Å². The SMILES string of the molecule is O=S(=O)(NCCCC1(C2OCCO2)CCCCCC1)c1cc(F)cc(F)c1. The van der Waals surface area contributed by atoms with Gasteiger partial charge in [-0.15, -0.1) is 0 Å². The molecule has 1 saturated carbocycles. The van der Waals surface area contributed by atoms with Gasteiger partial charge in [-0.1, -0.05) is 25.7 Å². The van der Waals surface area contributed by atoms with Crippen molar-refractivity contribution in [3.05, 3.63) is 29.8 Å². The summed E-state index contributed by atoms with van der Waals surface area (Å²) in [5.41, 5.74) is -0.0800. The van der Waals surface area contributed by atoms with Crippen molar-refractivity contribution < 1.29 is 26.7 Å². The molecule has 0 atom stereocenters. The second-order valence-corrected chi connectivity index (χ2v) is 9.22. The van der Waals surface area contributed by atoms with Gasteiger partial charge in [0, 0.05) is 18.0 Å². The summed E-state index contributed by atoms with van der Waals surface area (Å²) < 4.78 is 65.2. The molecule has 0 unspecified atom stereocenters. The molecule has 1 aliphatic heterocycles. The van der Waals surface area contributed by atoms with Gasteiger partial charge in [0.1, 0.15) is 11.6 Å². The van der Waals surface area contributed by atoms with Gasteiger partial charge in [0.05, 0.1) is 18.1 Å². The van der Waals surface area contributed by atoms with Crippen molar-refractivity contribution in [1.82, 2.24) is 4.72 Å². The molecule has 1 aromatic carbocycles. The fourth-order valence-corrected chi connectivity index (χ4v) is 5.28. The van der Waals surface area contributed by atoms with Gasteiger partial charge in [-0.2, -0.15) is 0 Å². The van der Waals surface area contributed by atoms with Gasteiger partial charge in [-0.3, -0.25) is 0 Å². The fourth-order valence-electron chi connectivity index (χ4n) is 4.16. The van der Waals surface area contributed by atoms with Crippen molar-refractivity contribution in [3.63, 3.8) is 0 Å². The van der Waals surface area contributed by atoms with E-state index in [4.69, 9.17) is 9.47 Å². The Kier molecular flexibility index (Phi) is 6.83. The summed E-state index contributed by atoms with van der Waals surface area (Å²) in [7, 11) is -3.95. The zero-order valence-corrected chi connectivity index (χ0v) is 16.2. The van der Waals surface area contributed by atoms with Crippen LogP contribution < -0.4 is 4.72 Å². The topological polar surface area (TPSA) is 64.6 Å². The van der Waals surface area contributed by atoms with Gasteiger partial charge in [0.15, 0.2) is 6.29 Å². The van der Waals surface area contributed by atoms with E-state index in [1.54, 1.807) is 0 Å². The third-order valence-electron chi connectivity index (χ3n) is 5.51. The third-order valence-corrected chi connectivity index (χ3v) is 6.95. The van der Waals surface area contributed by atoms with Crippen LogP contribution in [-0.4, -0.2) is 34.5 Å². The highest BCUT2D eigenvalue weighted by molar-refractivity contribution is 7.89. The maximum absolute atomic E-state index is 13.3. The van der Waals surface area contributed by atoms with E-state index in [9.17, 15) is 17.2 Å². The van der Waals surface area contributed by atoms with E-state index in [0.717, 1.165) is 44.2 Å². The molecule has 1 heterocycles. The average Bonchev–Trinajstić information content (AvgIpc) is 3.05. The number of ether oxygens (including phenoxy) is 2. The Bertz CT molecular complexity index is 707. The Labute approximate surface area is 159 Å². The lowest BCUT2D eigenvalue weighted by Crippen LogP contribution is -2.37. The highest BCUT2D eigenvalue weighted by Crippen LogP contribution is 2.44. The molecule has 0 radical (unpaired) electrons. The van der Waals surface area contributed by atoms with Crippen LogP contribution in [0.2, 0.25) is 0 Å². The van der Waals surface area contributed by atoms with Crippen LogP contribution in [0.15, 0.2) is 23.1 Å². The van der Waals surface area contributed by atoms with Crippen LogP contribution in [-0.2, 0) is 19.5 Å². The van der Waals surface area contributed by atoms with Crippen LogP contribution in [0.4, 0.5) is 8.78 Å². The third kappa shape index (κ3) is 5.25. The minimum absolute atomic E-state index is 0.0800. The predicted molar refractivity (Wildman–Crippen MR) is 96.6 cm³/mol. The fraction of sp³-hybridized carbons (Fsp3) is 0.684. The molecule has 8 heteroatoms. The largest absolute Gasteiger partial charge is 0.350 e. The first-order chi connectivity index (χ1) is 12.9. The van der Waals surface area contributed by atoms with Crippen molar-refractivity contribution in [2.45, 2.75) is 62.6 Å². The molecule has 1 saturated heterocycles. The predicted octanol–water partition coefficient (Wildman–Crippen LogP) is 3.74. The molecule has 3 rings (SSSR count). The van der Waals surface area contributed by atoms with Crippen LogP contribution in [0.5, 0.6) is 0 Å². The average molecular weight is 403 g/mol. The van der Waals surface area contributed by atoms with Crippen LogP contribution in [0.25, 0.3) is 0 Å². The maximum Gasteiger partial charge on any atom is 0.240 e. The van der Waals surface area contributed by atoms with Crippen molar-refractivity contribution >= 4 is 10.0 Å². The summed E-state index contributed by atoms with van der Waals surface area (Å²) in [4.78, 5) is -0.397. The molecule has 0 spiro atoms. The zero-order valence-electron chi connectivity index (χ0n) is 15.4. The maximum atomic E-state index is 13.3. The molecule has 0 bridgehead atoms. The smallest absolute Gasteiger partial charge is 0.240 e. The molecule has 1 N–H and O–H groups in total. The Hall–Kier alpha value is -1.09. The van der Waals surface area contributed by atoms with E-state index in [2.05, 4.69) is 4.72 Å². The standard InChI is InChI=1S/C19H27F2NO4S/c20-15-12-16(21)14-17(13-15)27(23,24)22-9-5-8-19(18-25-10-11-26-18)6-3-1-2-4-7-19/h12-14,18,22H,1-11H2. The normalized spacial score (nSPS) is 21.3. The van der Waals surface area contributed by atoms with E-state index in [0.29, 0.717) is 25.7 Å². The van der Waals surface area contributed by atoms with Crippen molar-refractivity contribution in [2.24, 2.45) is 5.41 Å². The minimum Gasteiger partial charge on any atom is -0.350 e. The van der Waals surface area contributed by atoms with Crippen LogP contribution in [0, 0.1) is 17.0 Å². The van der Waals surface area contributed by atoms with E-state index in [1.807, 2.05) is 0 Å². The number of hydrogen-bond acceptors (Lipinski definition) is 4. The van der Waals surface area contributed by atoms with Gasteiger partial charge < -0.3 is 9.47 Å². The molecule has 0 aromatic heterocycles. The first-order valence-corrected chi connectivity index (χ1v) is 11.1. The number of sulfonamides is 1. The number of halogens is 2. The molecular weight excluding hydrogens is 376 g/mol. The van der Waals surface area contributed by atoms with E-state index in [1.165, 1.54) is 12.8 Å². The lowest BCUT2D eigenvalue weighted by Gasteiger charge is -2.37. The highest BCUT2D eigenvalue weighted by Gasteiger charge is 2.42. The number of hydrogen-bond donors (Lipinski definition) is 1. The monoisotopic (exact) mass is 403 g/mol. The second kappa shape index (κ2) is 8.94. The summed E-state index contributed by atoms with van der Waals surface area (Å²) >= 11 is 0. The Morgan fingerprint density at radius 3 is 2.19 bits per heavy atom. The minimum atomic E-state index is -3.95. The molecule has 1 aliphatic carbocycles. The number of rotatable bonds is 7. The van der Waals surface area contributed by atoms with Gasteiger partial charge >= 0.3 is 0 Å². The Balaban J connectivity index is 1.59. The first kappa shape index (κ1) is 20.6. The van der Waals surface area contributed by atoms with E-state index < -0.39 is 26.6 Å². The molecule has 27 heavy (non-hydrogen) atoms. The first-order valence-electron chi connectivity index (χ1n) is 9.60. The molecule has 2 fully saturated rings. The van der Waals surface area contributed by atoms with Gasteiger partial charge in [0.25, 0.3) is 0 Å².